The molecule has 5 nitrogen and oxygen atoms in total. The van der Waals surface area contributed by atoms with Gasteiger partial charge in [-0.2, -0.15) is 0 Å². The molecule has 0 aliphatic carbocycles. The molecule has 0 bridgehead atoms. The SMILES string of the molecule is CCCCNc1nnc(SCC(=O)N2CCCCC2)s1. The van der Waals surface area contributed by atoms with Gasteiger partial charge in [-0.3, -0.25) is 4.79 Å². The smallest absolute Gasteiger partial charge is 0.233 e. The number of aromatic nitrogens is 2. The second-order valence-electron chi connectivity index (χ2n) is 4.88. The van der Waals surface area contributed by atoms with Crippen LogP contribution < -0.4 is 5.32 Å². The topological polar surface area (TPSA) is 58.1 Å². The highest BCUT2D eigenvalue weighted by Crippen LogP contribution is 2.26. The number of carbonyl (C=O) groups is 1. The first-order valence-corrected chi connectivity index (χ1v) is 9.07. The Kier molecular flexibility index (Phi) is 6.59. The van der Waals surface area contributed by atoms with Crippen molar-refractivity contribution in [3.63, 3.8) is 0 Å². The van der Waals surface area contributed by atoms with Crippen LogP contribution in [0.3, 0.4) is 0 Å². The molecule has 1 N–H and O–H groups in total. The fraction of sp³-hybridized carbons (Fsp3) is 0.769. The van der Waals surface area contributed by atoms with E-state index < -0.39 is 0 Å². The maximum atomic E-state index is 12.0. The van der Waals surface area contributed by atoms with E-state index in [0.29, 0.717) is 5.75 Å². The van der Waals surface area contributed by atoms with Gasteiger partial charge in [-0.25, -0.2) is 0 Å². The van der Waals surface area contributed by atoms with Crippen molar-refractivity contribution in [1.82, 2.24) is 15.1 Å². The molecule has 112 valence electrons. The van der Waals surface area contributed by atoms with Crippen LogP contribution in [0.25, 0.3) is 0 Å². The fourth-order valence-electron chi connectivity index (χ4n) is 2.07. The van der Waals surface area contributed by atoms with Crippen LogP contribution >= 0.6 is 23.1 Å². The molecule has 2 heterocycles. The van der Waals surface area contributed by atoms with Crippen molar-refractivity contribution < 1.29 is 4.79 Å². The van der Waals surface area contributed by atoms with Gasteiger partial charge in [0.2, 0.25) is 11.0 Å². The molecule has 20 heavy (non-hydrogen) atoms. The zero-order valence-corrected chi connectivity index (χ0v) is 13.6. The molecular weight excluding hydrogens is 292 g/mol. The molecular formula is C13H22N4OS2. The summed E-state index contributed by atoms with van der Waals surface area (Å²) in [6.07, 6.45) is 5.83. The number of nitrogens with zero attached hydrogens (tertiary/aromatic N) is 3. The first kappa shape index (κ1) is 15.6. The Morgan fingerprint density at radius 3 is 2.90 bits per heavy atom. The lowest BCUT2D eigenvalue weighted by Gasteiger charge is -2.26. The lowest BCUT2D eigenvalue weighted by molar-refractivity contribution is -0.129. The molecule has 7 heteroatoms. The van der Waals surface area contributed by atoms with Crippen LogP contribution in [-0.2, 0) is 4.79 Å². The van der Waals surface area contributed by atoms with Crippen molar-refractivity contribution in [3.05, 3.63) is 0 Å². The minimum Gasteiger partial charge on any atom is -0.360 e. The highest BCUT2D eigenvalue weighted by Gasteiger charge is 2.17. The molecule has 0 saturated carbocycles. The third-order valence-corrected chi connectivity index (χ3v) is 5.24. The Morgan fingerprint density at radius 1 is 1.35 bits per heavy atom. The number of thioether (sulfide) groups is 1. The minimum atomic E-state index is 0.227. The summed E-state index contributed by atoms with van der Waals surface area (Å²) in [5.74, 6) is 0.703. The molecule has 0 radical (unpaired) electrons. The molecule has 1 aliphatic rings. The largest absolute Gasteiger partial charge is 0.360 e. The molecule has 1 aromatic heterocycles. The van der Waals surface area contributed by atoms with Gasteiger partial charge in [0.15, 0.2) is 4.34 Å². The third-order valence-electron chi connectivity index (χ3n) is 3.24. The Bertz CT molecular complexity index is 418. The third kappa shape index (κ3) is 4.94. The van der Waals surface area contributed by atoms with Gasteiger partial charge in [-0.15, -0.1) is 10.2 Å². The Balaban J connectivity index is 1.71. The van der Waals surface area contributed by atoms with Crippen molar-refractivity contribution in [1.29, 1.82) is 0 Å². The van der Waals surface area contributed by atoms with Gasteiger partial charge >= 0.3 is 0 Å². The van der Waals surface area contributed by atoms with E-state index in [-0.39, 0.29) is 5.91 Å². The highest BCUT2D eigenvalue weighted by atomic mass is 32.2. The molecule has 1 aliphatic heterocycles. The summed E-state index contributed by atoms with van der Waals surface area (Å²) in [5.41, 5.74) is 0. The molecule has 1 aromatic rings. The Morgan fingerprint density at radius 2 is 2.15 bits per heavy atom. The molecule has 1 saturated heterocycles. The normalized spacial score (nSPS) is 15.3. The first-order valence-electron chi connectivity index (χ1n) is 7.27. The molecule has 0 atom stereocenters. The number of anilines is 1. The van der Waals surface area contributed by atoms with Gasteiger partial charge in [0, 0.05) is 19.6 Å². The van der Waals surface area contributed by atoms with Gasteiger partial charge in [0.25, 0.3) is 0 Å². The number of unbranched alkanes of at least 4 members (excludes halogenated alkanes) is 1. The van der Waals surface area contributed by atoms with E-state index in [1.807, 2.05) is 4.90 Å². The monoisotopic (exact) mass is 314 g/mol. The summed E-state index contributed by atoms with van der Waals surface area (Å²) >= 11 is 3.03. The van der Waals surface area contributed by atoms with Gasteiger partial charge in [-0.05, 0) is 25.7 Å². The van der Waals surface area contributed by atoms with Crippen LogP contribution in [-0.4, -0.2) is 46.4 Å². The van der Waals surface area contributed by atoms with Crippen LogP contribution in [0.15, 0.2) is 4.34 Å². The maximum absolute atomic E-state index is 12.0. The minimum absolute atomic E-state index is 0.227. The van der Waals surface area contributed by atoms with E-state index in [9.17, 15) is 4.79 Å². The summed E-state index contributed by atoms with van der Waals surface area (Å²) in [4.78, 5) is 14.0. The van der Waals surface area contributed by atoms with Crippen molar-refractivity contribution in [3.8, 4) is 0 Å². The van der Waals surface area contributed by atoms with Gasteiger partial charge in [-0.1, -0.05) is 36.4 Å². The molecule has 0 unspecified atom stereocenters. The number of hydrogen-bond donors (Lipinski definition) is 1. The van der Waals surface area contributed by atoms with Crippen molar-refractivity contribution in [2.45, 2.75) is 43.4 Å². The predicted octanol–water partition coefficient (Wildman–Crippen LogP) is 2.85. The number of amides is 1. The zero-order valence-electron chi connectivity index (χ0n) is 11.9. The summed E-state index contributed by atoms with van der Waals surface area (Å²) in [6, 6.07) is 0. The molecule has 2 rings (SSSR count). The Hall–Kier alpha value is -0.820. The van der Waals surface area contributed by atoms with E-state index in [2.05, 4.69) is 22.4 Å². The second-order valence-corrected chi connectivity index (χ2v) is 7.08. The number of piperidine rings is 1. The van der Waals surface area contributed by atoms with Crippen molar-refractivity contribution in [2.75, 3.05) is 30.7 Å². The van der Waals surface area contributed by atoms with Crippen LogP contribution in [0.4, 0.5) is 5.13 Å². The van der Waals surface area contributed by atoms with Crippen molar-refractivity contribution in [2.24, 2.45) is 0 Å². The van der Waals surface area contributed by atoms with Gasteiger partial charge < -0.3 is 10.2 Å². The fourth-order valence-corrected chi connectivity index (χ4v) is 3.75. The van der Waals surface area contributed by atoms with E-state index in [4.69, 9.17) is 0 Å². The number of nitrogens with one attached hydrogen (secondary N) is 1. The summed E-state index contributed by atoms with van der Waals surface area (Å²) in [5, 5.41) is 12.3. The number of hydrogen-bond acceptors (Lipinski definition) is 6. The number of rotatable bonds is 7. The zero-order chi connectivity index (χ0) is 14.2. The van der Waals surface area contributed by atoms with Crippen LogP contribution in [0.5, 0.6) is 0 Å². The lowest BCUT2D eigenvalue weighted by atomic mass is 10.1. The molecule has 0 aromatic carbocycles. The van der Waals surface area contributed by atoms with E-state index >= 15 is 0 Å². The quantitative estimate of drug-likeness (QED) is 0.619. The van der Waals surface area contributed by atoms with Crippen LogP contribution in [0.2, 0.25) is 0 Å². The highest BCUT2D eigenvalue weighted by molar-refractivity contribution is 8.01. The lowest BCUT2D eigenvalue weighted by Crippen LogP contribution is -2.36. The first-order chi connectivity index (χ1) is 9.79. The average Bonchev–Trinajstić information content (AvgIpc) is 2.94. The van der Waals surface area contributed by atoms with Crippen LogP contribution in [0.1, 0.15) is 39.0 Å². The van der Waals surface area contributed by atoms with E-state index in [1.54, 1.807) is 0 Å². The second kappa shape index (κ2) is 8.46. The standard InChI is InChI=1S/C13H22N4OS2/c1-2-3-7-14-12-15-16-13(20-12)19-10-11(18)17-8-5-4-6-9-17/h2-10H2,1H3,(H,14,15). The van der Waals surface area contributed by atoms with Crippen LogP contribution in [0, 0.1) is 0 Å². The summed E-state index contributed by atoms with van der Waals surface area (Å²) in [7, 11) is 0. The molecule has 1 fully saturated rings. The maximum Gasteiger partial charge on any atom is 0.233 e. The Labute approximate surface area is 128 Å². The van der Waals surface area contributed by atoms with E-state index in [1.165, 1.54) is 29.5 Å². The summed E-state index contributed by atoms with van der Waals surface area (Å²) in [6.45, 7) is 4.93. The predicted molar refractivity (Wildman–Crippen MR) is 84.5 cm³/mol. The van der Waals surface area contributed by atoms with E-state index in [0.717, 1.165) is 54.8 Å². The average molecular weight is 314 g/mol. The summed E-state index contributed by atoms with van der Waals surface area (Å²) < 4.78 is 0.870. The number of likely N-dealkylation sites (tertiary alicyclic amines) is 1. The van der Waals surface area contributed by atoms with Gasteiger partial charge in [0.1, 0.15) is 0 Å². The molecule has 1 amide bonds. The van der Waals surface area contributed by atoms with Crippen molar-refractivity contribution >= 4 is 34.1 Å². The van der Waals surface area contributed by atoms with Gasteiger partial charge in [0.05, 0.1) is 5.75 Å². The number of carbonyl (C=O) groups excluding carboxylic acids is 1. The molecule has 0 spiro atoms.